The molecule has 0 aliphatic carbocycles. The zero-order valence-electron chi connectivity index (χ0n) is 32.2. The van der Waals surface area contributed by atoms with Gasteiger partial charge in [-0.2, -0.15) is 5.26 Å². The van der Waals surface area contributed by atoms with Crippen molar-refractivity contribution >= 4 is 8.53 Å². The average molecular weight is 773 g/mol. The van der Waals surface area contributed by atoms with E-state index in [1.165, 1.54) is 16.8 Å². The van der Waals surface area contributed by atoms with Crippen LogP contribution >= 0.6 is 8.53 Å². The van der Waals surface area contributed by atoms with Gasteiger partial charge in [0.1, 0.15) is 34.9 Å². The van der Waals surface area contributed by atoms with Crippen molar-refractivity contribution < 1.29 is 32.7 Å². The highest BCUT2D eigenvalue weighted by Gasteiger charge is 2.68. The van der Waals surface area contributed by atoms with Gasteiger partial charge in [-0.1, -0.05) is 54.6 Å². The van der Waals surface area contributed by atoms with Gasteiger partial charge in [0.25, 0.3) is 14.1 Å². The topological polar surface area (TPSA) is 147 Å². The molecule has 2 fully saturated rings. The van der Waals surface area contributed by atoms with E-state index >= 15 is 0 Å². The molecule has 3 aromatic carbocycles. The maximum Gasteiger partial charge on any atom is 0.330 e. The van der Waals surface area contributed by atoms with Gasteiger partial charge in [-0.05, 0) is 75.6 Å². The molecule has 0 saturated carbocycles. The van der Waals surface area contributed by atoms with Gasteiger partial charge in [-0.3, -0.25) is 14.3 Å². The Labute approximate surface area is 322 Å². The molecule has 0 radical (unpaired) electrons. The summed E-state index contributed by atoms with van der Waals surface area (Å²) in [5.74, 6) is 1.37. The summed E-state index contributed by atoms with van der Waals surface area (Å²) in [5, 5.41) is 9.38. The first-order valence-corrected chi connectivity index (χ1v) is 19.5. The number of nitrogens with one attached hydrogen (secondary N) is 1. The predicted octanol–water partition coefficient (Wildman–Crippen LogP) is 6.28. The van der Waals surface area contributed by atoms with Crippen molar-refractivity contribution in [1.29, 1.82) is 5.26 Å². The number of H-pyrrole nitrogens is 1. The van der Waals surface area contributed by atoms with Crippen LogP contribution in [0.25, 0.3) is 0 Å². The molecule has 3 heterocycles. The molecule has 2 saturated heterocycles. The van der Waals surface area contributed by atoms with Gasteiger partial charge in [0.2, 0.25) is 0 Å². The third-order valence-corrected chi connectivity index (χ3v) is 12.2. The summed E-state index contributed by atoms with van der Waals surface area (Å²) in [6.45, 7) is 10.4. The zero-order chi connectivity index (χ0) is 39.3. The highest BCUT2D eigenvalue weighted by molar-refractivity contribution is 7.44. The molecular weight excluding hydrogens is 723 g/mol. The second-order valence-corrected chi connectivity index (χ2v) is 15.5. The SMILES string of the molecule is COc1ccc(C(O[C@@H](C)C23CO[C@H]([C@H](n4ccc(=O)[nH]c4=O)O2)[C@@H]3OP(OCCC#N)N(C(C)C)C(C)C)(c2ccccc2)c2ccc(OC)cc2)cc1. The zero-order valence-corrected chi connectivity index (χ0v) is 33.1. The number of aromatic nitrogens is 2. The first-order valence-electron chi connectivity index (χ1n) is 18.4. The number of ether oxygens (including phenoxy) is 5. The Hall–Kier alpha value is -4.38. The smallest absolute Gasteiger partial charge is 0.330 e. The number of aromatic amines is 1. The van der Waals surface area contributed by atoms with Crippen molar-refractivity contribution in [1.82, 2.24) is 14.2 Å². The molecule has 4 aromatic rings. The molecule has 13 nitrogen and oxygen atoms in total. The van der Waals surface area contributed by atoms with E-state index < -0.39 is 55.5 Å². The second-order valence-electron chi connectivity index (χ2n) is 14.1. The van der Waals surface area contributed by atoms with E-state index in [1.54, 1.807) is 14.2 Å². The van der Waals surface area contributed by atoms with Crippen LogP contribution < -0.4 is 20.7 Å². The quantitative estimate of drug-likeness (QED) is 0.0735. The normalized spacial score (nSPS) is 21.9. The second kappa shape index (κ2) is 17.2. The number of hydrogen-bond donors (Lipinski definition) is 1. The van der Waals surface area contributed by atoms with Crippen LogP contribution in [0.5, 0.6) is 11.5 Å². The highest BCUT2D eigenvalue weighted by Crippen LogP contribution is 2.57. The summed E-state index contributed by atoms with van der Waals surface area (Å²) in [6, 6.07) is 28.9. The summed E-state index contributed by atoms with van der Waals surface area (Å²) >= 11 is 0. The van der Waals surface area contributed by atoms with Crippen LogP contribution in [0.4, 0.5) is 0 Å². The van der Waals surface area contributed by atoms with Gasteiger partial charge >= 0.3 is 5.69 Å². The number of hydrogen-bond acceptors (Lipinski definition) is 11. The van der Waals surface area contributed by atoms with E-state index in [0.717, 1.165) is 16.7 Å². The Balaban J connectivity index is 1.52. The molecular formula is C41H49N4O9P. The van der Waals surface area contributed by atoms with E-state index in [1.807, 2.05) is 85.8 Å². The van der Waals surface area contributed by atoms with Crippen molar-refractivity contribution in [3.63, 3.8) is 0 Å². The van der Waals surface area contributed by atoms with E-state index in [0.29, 0.717) is 11.5 Å². The Morgan fingerprint density at radius 3 is 2.02 bits per heavy atom. The largest absolute Gasteiger partial charge is 0.497 e. The molecule has 6 rings (SSSR count). The Kier molecular flexibility index (Phi) is 12.6. The van der Waals surface area contributed by atoms with E-state index in [-0.39, 0.29) is 31.7 Å². The lowest BCUT2D eigenvalue weighted by Crippen LogP contribution is -2.55. The van der Waals surface area contributed by atoms with Gasteiger partial charge in [0.05, 0.1) is 46.0 Å². The fraction of sp³-hybridized carbons (Fsp3) is 0.439. The highest BCUT2D eigenvalue weighted by atomic mass is 31.2. The van der Waals surface area contributed by atoms with Gasteiger partial charge < -0.3 is 32.7 Å². The van der Waals surface area contributed by atoms with E-state index in [9.17, 15) is 14.9 Å². The number of methoxy groups -OCH3 is 2. The van der Waals surface area contributed by atoms with Gasteiger partial charge in [-0.25, -0.2) is 9.46 Å². The molecule has 2 unspecified atom stereocenters. The van der Waals surface area contributed by atoms with Crippen LogP contribution in [0.3, 0.4) is 0 Å². The van der Waals surface area contributed by atoms with Crippen molar-refractivity contribution in [2.75, 3.05) is 27.4 Å². The molecule has 1 N–H and O–H groups in total. The van der Waals surface area contributed by atoms with Crippen LogP contribution in [0.15, 0.2) is 101 Å². The first-order chi connectivity index (χ1) is 26.5. The van der Waals surface area contributed by atoms with Gasteiger partial charge in [-0.15, -0.1) is 0 Å². The maximum atomic E-state index is 13.3. The minimum atomic E-state index is -1.78. The fourth-order valence-corrected chi connectivity index (χ4v) is 9.32. The lowest BCUT2D eigenvalue weighted by Gasteiger charge is -2.44. The number of rotatable bonds is 17. The molecule has 1 aromatic heterocycles. The molecule has 2 aliphatic rings. The third-order valence-electron chi connectivity index (χ3n) is 10.1. The van der Waals surface area contributed by atoms with Gasteiger partial charge in [0.15, 0.2) is 6.23 Å². The van der Waals surface area contributed by atoms with Crippen LogP contribution in [0, 0.1) is 11.3 Å². The molecule has 2 aliphatic heterocycles. The number of nitrogens with zero attached hydrogens (tertiary/aromatic N) is 3. The summed E-state index contributed by atoms with van der Waals surface area (Å²) in [7, 11) is 1.47. The Morgan fingerprint density at radius 2 is 1.49 bits per heavy atom. The van der Waals surface area contributed by atoms with Crippen LogP contribution in [0.1, 0.15) is 64.0 Å². The summed E-state index contributed by atoms with van der Waals surface area (Å²) in [5.41, 5.74) is -1.22. The maximum absolute atomic E-state index is 13.3. The van der Waals surface area contributed by atoms with Crippen molar-refractivity contribution in [3.8, 4) is 17.6 Å². The predicted molar refractivity (Wildman–Crippen MR) is 207 cm³/mol. The summed E-state index contributed by atoms with van der Waals surface area (Å²) in [4.78, 5) is 27.7. The third kappa shape index (κ3) is 7.86. The minimum absolute atomic E-state index is 0.0206. The molecule has 2 bridgehead atoms. The molecule has 0 spiro atoms. The monoisotopic (exact) mass is 772 g/mol. The Bertz CT molecular complexity index is 1980. The van der Waals surface area contributed by atoms with Crippen LogP contribution in [0.2, 0.25) is 0 Å². The molecule has 292 valence electrons. The molecule has 6 atom stereocenters. The standard InChI is InChI=1S/C41H49N4O9P/c1-27(2)45(28(3)4)55(51-25-11-23-42)54-37-36-38(44-24-22-35(46)43-39(44)47)53-40(37,26-50-36)29(5)52-41(30-12-9-8-10-13-30,31-14-18-33(48-6)19-15-31)32-16-20-34(49-7)21-17-32/h8-10,12-22,24,27-29,36-38H,11,25-26H2,1-7H3,(H,43,46,47)/t29-,36-,37-,38+,40?,55?/m0/s1. The van der Waals surface area contributed by atoms with E-state index in [2.05, 4.69) is 43.4 Å². The number of fused-ring (bicyclic) bond motifs is 2. The summed E-state index contributed by atoms with van der Waals surface area (Å²) in [6.07, 6.45) is -1.80. The number of nitriles is 1. The average Bonchev–Trinajstić information content (AvgIpc) is 3.69. The van der Waals surface area contributed by atoms with Crippen molar-refractivity contribution in [2.24, 2.45) is 0 Å². The van der Waals surface area contributed by atoms with Crippen molar-refractivity contribution in [3.05, 3.63) is 129 Å². The first kappa shape index (κ1) is 40.3. The van der Waals surface area contributed by atoms with E-state index in [4.69, 9.17) is 32.7 Å². The fourth-order valence-electron chi connectivity index (χ4n) is 7.52. The van der Waals surface area contributed by atoms with Crippen LogP contribution in [-0.4, -0.2) is 77.7 Å². The summed E-state index contributed by atoms with van der Waals surface area (Å²) < 4.78 is 49.0. The number of benzene rings is 3. The minimum Gasteiger partial charge on any atom is -0.497 e. The Morgan fingerprint density at radius 1 is 0.909 bits per heavy atom. The lowest BCUT2D eigenvalue weighted by atomic mass is 9.79. The lowest BCUT2D eigenvalue weighted by molar-refractivity contribution is -0.230. The molecule has 55 heavy (non-hydrogen) atoms. The molecule has 0 amide bonds. The van der Waals surface area contributed by atoms with Crippen LogP contribution in [-0.2, 0) is 28.9 Å². The van der Waals surface area contributed by atoms with Gasteiger partial charge in [0, 0.05) is 24.3 Å². The van der Waals surface area contributed by atoms with Crippen molar-refractivity contribution in [2.45, 2.75) is 88.9 Å². The molecule has 14 heteroatoms.